The summed E-state index contributed by atoms with van der Waals surface area (Å²) < 4.78 is 6.48. The summed E-state index contributed by atoms with van der Waals surface area (Å²) in [5.41, 5.74) is 1.56. The van der Waals surface area contributed by atoms with E-state index < -0.39 is 11.2 Å². The molecule has 4 rings (SSSR count). The average Bonchev–Trinajstić information content (AvgIpc) is 3.20. The number of aromatic nitrogens is 4. The number of aromatic amines is 1. The lowest BCUT2D eigenvalue weighted by molar-refractivity contribution is 0.425. The Labute approximate surface area is 165 Å². The van der Waals surface area contributed by atoms with Crippen LogP contribution in [0.15, 0.2) is 68.8 Å². The minimum Gasteiger partial charge on any atom is -0.507 e. The molecule has 0 aliphatic carbocycles. The molecule has 0 spiro atoms. The normalized spacial score (nSPS) is 10.9. The molecule has 0 radical (unpaired) electrons. The smallest absolute Gasteiger partial charge is 0.328 e. The van der Waals surface area contributed by atoms with Gasteiger partial charge in [0.15, 0.2) is 0 Å². The Kier molecular flexibility index (Phi) is 4.82. The van der Waals surface area contributed by atoms with Gasteiger partial charge in [0.1, 0.15) is 11.3 Å². The second-order valence-electron chi connectivity index (χ2n) is 6.67. The van der Waals surface area contributed by atoms with Crippen molar-refractivity contribution in [2.24, 2.45) is 7.05 Å². The molecule has 0 amide bonds. The molecular formula is C21H18N4O4. The number of H-pyrrole nitrogens is 1. The molecule has 29 heavy (non-hydrogen) atoms. The molecule has 0 unspecified atom stereocenters. The summed E-state index contributed by atoms with van der Waals surface area (Å²) in [7, 11) is 1.50. The molecular weight excluding hydrogens is 372 g/mol. The third-order valence-electron chi connectivity index (χ3n) is 4.61. The van der Waals surface area contributed by atoms with Gasteiger partial charge in [-0.15, -0.1) is 0 Å². The first kappa shape index (κ1) is 18.4. The minimum atomic E-state index is -0.610. The van der Waals surface area contributed by atoms with Gasteiger partial charge < -0.3 is 14.2 Å². The number of hydrogen-bond donors (Lipinski definition) is 2. The van der Waals surface area contributed by atoms with Crippen molar-refractivity contribution in [1.82, 2.24) is 19.7 Å². The van der Waals surface area contributed by atoms with Crippen LogP contribution in [0.1, 0.15) is 11.1 Å². The van der Waals surface area contributed by atoms with Crippen LogP contribution in [0.3, 0.4) is 0 Å². The van der Waals surface area contributed by atoms with Crippen LogP contribution in [0.25, 0.3) is 22.8 Å². The van der Waals surface area contributed by atoms with E-state index in [1.54, 1.807) is 12.1 Å². The maximum Gasteiger partial charge on any atom is 0.328 e. The van der Waals surface area contributed by atoms with Crippen LogP contribution in [0, 0.1) is 0 Å². The van der Waals surface area contributed by atoms with E-state index in [1.165, 1.54) is 23.4 Å². The first-order valence-corrected chi connectivity index (χ1v) is 9.01. The first-order chi connectivity index (χ1) is 14.0. The highest BCUT2D eigenvalue weighted by molar-refractivity contribution is 5.65. The molecule has 4 aromatic rings. The predicted octanol–water partition coefficient (Wildman–Crippen LogP) is 2.28. The van der Waals surface area contributed by atoms with Gasteiger partial charge in [0, 0.05) is 13.2 Å². The van der Waals surface area contributed by atoms with E-state index in [1.807, 2.05) is 24.3 Å². The molecule has 2 aromatic heterocycles. The van der Waals surface area contributed by atoms with Gasteiger partial charge in [-0.1, -0.05) is 41.6 Å². The van der Waals surface area contributed by atoms with E-state index in [0.717, 1.165) is 18.4 Å². The summed E-state index contributed by atoms with van der Waals surface area (Å²) in [6.07, 6.45) is 2.97. The fourth-order valence-electron chi connectivity index (χ4n) is 3.01. The van der Waals surface area contributed by atoms with Gasteiger partial charge in [-0.05, 0) is 36.1 Å². The van der Waals surface area contributed by atoms with Crippen molar-refractivity contribution in [1.29, 1.82) is 0 Å². The molecule has 2 N–H and O–H groups in total. The van der Waals surface area contributed by atoms with Crippen molar-refractivity contribution in [3.63, 3.8) is 0 Å². The van der Waals surface area contributed by atoms with Crippen LogP contribution in [-0.2, 0) is 19.9 Å². The van der Waals surface area contributed by atoms with Gasteiger partial charge in [0.25, 0.3) is 11.4 Å². The molecule has 0 atom stereocenters. The topological polar surface area (TPSA) is 114 Å². The van der Waals surface area contributed by atoms with Gasteiger partial charge in [0.05, 0.1) is 5.56 Å². The Hall–Kier alpha value is -3.94. The van der Waals surface area contributed by atoms with Crippen molar-refractivity contribution in [2.75, 3.05) is 0 Å². The number of nitrogens with one attached hydrogen (secondary N) is 1. The highest BCUT2D eigenvalue weighted by Crippen LogP contribution is 2.30. The number of phenols is 1. The highest BCUT2D eigenvalue weighted by Gasteiger charge is 2.17. The highest BCUT2D eigenvalue weighted by atomic mass is 16.5. The molecule has 0 saturated heterocycles. The second kappa shape index (κ2) is 7.59. The van der Waals surface area contributed by atoms with E-state index in [4.69, 9.17) is 4.52 Å². The number of aryl methyl sites for hydroxylation is 3. The average molecular weight is 390 g/mol. The van der Waals surface area contributed by atoms with E-state index in [0.29, 0.717) is 5.56 Å². The predicted molar refractivity (Wildman–Crippen MR) is 107 cm³/mol. The van der Waals surface area contributed by atoms with Gasteiger partial charge in [0.2, 0.25) is 5.82 Å². The van der Waals surface area contributed by atoms with E-state index in [-0.39, 0.29) is 23.0 Å². The summed E-state index contributed by atoms with van der Waals surface area (Å²) in [6.45, 7) is 0. The van der Waals surface area contributed by atoms with Crippen LogP contribution in [0.4, 0.5) is 0 Å². The standard InChI is InChI=1S/C21H18N4O4/c1-25-12-16(19(27)23-21(25)28)18-22-20(29-24-18)15-11-14(9-10-17(15)26)8-7-13-5-3-2-4-6-13/h2-6,9-12,26H,7-8H2,1H3,(H,23,27,28). The van der Waals surface area contributed by atoms with Crippen molar-refractivity contribution >= 4 is 0 Å². The zero-order valence-corrected chi connectivity index (χ0v) is 15.6. The van der Waals surface area contributed by atoms with Crippen LogP contribution in [0.5, 0.6) is 5.75 Å². The molecule has 0 fully saturated rings. The van der Waals surface area contributed by atoms with Crippen LogP contribution in [0.2, 0.25) is 0 Å². The molecule has 8 heteroatoms. The lowest BCUT2D eigenvalue weighted by Crippen LogP contribution is -2.28. The maximum atomic E-state index is 12.0. The van der Waals surface area contributed by atoms with Gasteiger partial charge >= 0.3 is 5.69 Å². The minimum absolute atomic E-state index is 0.00182. The van der Waals surface area contributed by atoms with Gasteiger partial charge in [-0.3, -0.25) is 9.78 Å². The van der Waals surface area contributed by atoms with E-state index in [9.17, 15) is 14.7 Å². The molecule has 0 bridgehead atoms. The summed E-state index contributed by atoms with van der Waals surface area (Å²) in [4.78, 5) is 30.0. The fraction of sp³-hybridized carbons (Fsp3) is 0.143. The van der Waals surface area contributed by atoms with Crippen molar-refractivity contribution < 1.29 is 9.63 Å². The third-order valence-corrected chi connectivity index (χ3v) is 4.61. The summed E-state index contributed by atoms with van der Waals surface area (Å²) in [6, 6.07) is 15.3. The summed E-state index contributed by atoms with van der Waals surface area (Å²) in [5, 5.41) is 14.1. The quantitative estimate of drug-likeness (QED) is 0.540. The van der Waals surface area contributed by atoms with Crippen molar-refractivity contribution in [2.45, 2.75) is 12.8 Å². The number of benzene rings is 2. The molecule has 0 saturated carbocycles. The fourth-order valence-corrected chi connectivity index (χ4v) is 3.01. The SMILES string of the molecule is Cn1cc(-c2noc(-c3cc(CCc4ccccc4)ccc3O)n2)c(=O)[nH]c1=O. The molecule has 8 nitrogen and oxygen atoms in total. The number of aromatic hydroxyl groups is 1. The molecule has 2 heterocycles. The van der Waals surface area contributed by atoms with Crippen molar-refractivity contribution in [3.8, 4) is 28.6 Å². The lowest BCUT2D eigenvalue weighted by atomic mass is 10.0. The summed E-state index contributed by atoms with van der Waals surface area (Å²) in [5.74, 6) is 0.122. The zero-order valence-electron chi connectivity index (χ0n) is 15.6. The van der Waals surface area contributed by atoms with Crippen molar-refractivity contribution in [3.05, 3.63) is 86.7 Å². The van der Waals surface area contributed by atoms with Crippen LogP contribution in [-0.4, -0.2) is 24.8 Å². The molecule has 146 valence electrons. The largest absolute Gasteiger partial charge is 0.507 e. The first-order valence-electron chi connectivity index (χ1n) is 9.01. The van der Waals surface area contributed by atoms with E-state index in [2.05, 4.69) is 27.3 Å². The zero-order chi connectivity index (χ0) is 20.4. The maximum absolute atomic E-state index is 12.0. The lowest BCUT2D eigenvalue weighted by Gasteiger charge is -2.05. The number of hydrogen-bond acceptors (Lipinski definition) is 6. The Morgan fingerprint density at radius 1 is 1.03 bits per heavy atom. The number of phenolic OH excluding ortho intramolecular Hbond substituents is 1. The number of rotatable bonds is 5. The van der Waals surface area contributed by atoms with Crippen LogP contribution >= 0.6 is 0 Å². The number of nitrogens with zero attached hydrogens (tertiary/aromatic N) is 3. The van der Waals surface area contributed by atoms with Gasteiger partial charge in [-0.2, -0.15) is 4.98 Å². The Balaban J connectivity index is 1.63. The molecule has 2 aromatic carbocycles. The third kappa shape index (κ3) is 3.86. The Bertz CT molecular complexity index is 1270. The van der Waals surface area contributed by atoms with E-state index >= 15 is 0 Å². The monoisotopic (exact) mass is 390 g/mol. The second-order valence-corrected chi connectivity index (χ2v) is 6.67. The Morgan fingerprint density at radius 3 is 2.59 bits per heavy atom. The Morgan fingerprint density at radius 2 is 1.79 bits per heavy atom. The molecule has 0 aliphatic heterocycles. The summed E-state index contributed by atoms with van der Waals surface area (Å²) >= 11 is 0. The van der Waals surface area contributed by atoms with Crippen LogP contribution < -0.4 is 11.2 Å². The molecule has 0 aliphatic rings. The van der Waals surface area contributed by atoms with Gasteiger partial charge in [-0.25, -0.2) is 4.79 Å².